The number of hydrogen-bond acceptors (Lipinski definition) is 4. The molecule has 0 fully saturated rings. The zero-order valence-corrected chi connectivity index (χ0v) is 12.5. The van der Waals surface area contributed by atoms with Gasteiger partial charge in [-0.2, -0.15) is 0 Å². The van der Waals surface area contributed by atoms with Gasteiger partial charge in [-0.05, 0) is 43.7 Å². The summed E-state index contributed by atoms with van der Waals surface area (Å²) in [5, 5.41) is 5.52. The smallest absolute Gasteiger partial charge is 0.250 e. The lowest BCUT2D eigenvalue weighted by Gasteiger charge is -2.12. The van der Waals surface area contributed by atoms with Gasteiger partial charge in [0.25, 0.3) is 0 Å². The first-order valence-corrected chi connectivity index (χ1v) is 6.96. The molecule has 0 saturated heterocycles. The van der Waals surface area contributed by atoms with Gasteiger partial charge in [-0.1, -0.05) is 6.92 Å². The number of ether oxygens (including phenoxy) is 1. The van der Waals surface area contributed by atoms with Crippen molar-refractivity contribution in [2.24, 2.45) is 11.7 Å². The molecule has 1 atom stereocenters. The van der Waals surface area contributed by atoms with Crippen LogP contribution < -0.4 is 16.4 Å². The molecule has 1 unspecified atom stereocenters. The second kappa shape index (κ2) is 9.10. The van der Waals surface area contributed by atoms with E-state index in [9.17, 15) is 9.59 Å². The average Bonchev–Trinajstić information content (AvgIpc) is 2.47. The summed E-state index contributed by atoms with van der Waals surface area (Å²) >= 11 is 0. The molecule has 0 heterocycles. The van der Waals surface area contributed by atoms with Crippen LogP contribution in [0.5, 0.6) is 0 Å². The number of anilines is 2. The first-order valence-electron chi connectivity index (χ1n) is 6.96. The van der Waals surface area contributed by atoms with Crippen molar-refractivity contribution in [1.29, 1.82) is 0 Å². The van der Waals surface area contributed by atoms with Gasteiger partial charge in [0.2, 0.25) is 11.8 Å². The second-order valence-electron chi connectivity index (χ2n) is 4.88. The maximum atomic E-state index is 11.9. The molecule has 6 heteroatoms. The Hall–Kier alpha value is -1.92. The number of amides is 2. The van der Waals surface area contributed by atoms with Gasteiger partial charge in [0.1, 0.15) is 6.61 Å². The average molecular weight is 293 g/mol. The highest BCUT2D eigenvalue weighted by molar-refractivity contribution is 5.94. The Morgan fingerprint density at radius 3 is 2.29 bits per heavy atom. The fraction of sp³-hybridized carbons (Fsp3) is 0.467. The molecule has 116 valence electrons. The molecule has 0 aliphatic carbocycles. The van der Waals surface area contributed by atoms with Gasteiger partial charge in [0.15, 0.2) is 0 Å². The highest BCUT2D eigenvalue weighted by Gasteiger charge is 2.12. The van der Waals surface area contributed by atoms with Gasteiger partial charge >= 0.3 is 0 Å². The van der Waals surface area contributed by atoms with Crippen LogP contribution in [0.25, 0.3) is 0 Å². The maximum Gasteiger partial charge on any atom is 0.250 e. The van der Waals surface area contributed by atoms with E-state index in [-0.39, 0.29) is 24.3 Å². The quantitative estimate of drug-likeness (QED) is 0.678. The number of methoxy groups -OCH3 is 1. The Morgan fingerprint density at radius 1 is 1.19 bits per heavy atom. The molecule has 1 aromatic rings. The van der Waals surface area contributed by atoms with Gasteiger partial charge in [-0.3, -0.25) is 9.59 Å². The lowest BCUT2D eigenvalue weighted by atomic mass is 10.0. The van der Waals surface area contributed by atoms with E-state index in [0.29, 0.717) is 17.9 Å². The summed E-state index contributed by atoms with van der Waals surface area (Å²) in [6.45, 7) is 2.48. The summed E-state index contributed by atoms with van der Waals surface area (Å²) in [6.07, 6.45) is 1.60. The first kappa shape index (κ1) is 17.1. The minimum atomic E-state index is -0.218. The molecule has 4 N–H and O–H groups in total. The molecule has 0 saturated carbocycles. The van der Waals surface area contributed by atoms with Crippen molar-refractivity contribution in [3.8, 4) is 0 Å². The van der Waals surface area contributed by atoms with Crippen LogP contribution in [0.2, 0.25) is 0 Å². The zero-order chi connectivity index (χ0) is 15.7. The number of rotatable bonds is 8. The van der Waals surface area contributed by atoms with E-state index in [0.717, 1.165) is 12.8 Å². The third kappa shape index (κ3) is 6.37. The maximum absolute atomic E-state index is 11.9. The fourth-order valence-electron chi connectivity index (χ4n) is 1.79. The normalized spacial score (nSPS) is 11.8. The predicted octanol–water partition coefficient (Wildman–Crippen LogP) is 1.58. The summed E-state index contributed by atoms with van der Waals surface area (Å²) in [6, 6.07) is 6.95. The number of carbonyl (C=O) groups is 2. The van der Waals surface area contributed by atoms with Crippen molar-refractivity contribution < 1.29 is 14.3 Å². The summed E-state index contributed by atoms with van der Waals surface area (Å²) in [7, 11) is 1.46. The van der Waals surface area contributed by atoms with Crippen LogP contribution in [0.15, 0.2) is 24.3 Å². The van der Waals surface area contributed by atoms with E-state index in [4.69, 9.17) is 10.5 Å². The summed E-state index contributed by atoms with van der Waals surface area (Å²) in [4.78, 5) is 23.3. The van der Waals surface area contributed by atoms with Crippen LogP contribution in [0.1, 0.15) is 19.8 Å². The molecule has 0 aromatic heterocycles. The molecule has 1 aromatic carbocycles. The van der Waals surface area contributed by atoms with Gasteiger partial charge in [0.05, 0.1) is 0 Å². The molecule has 21 heavy (non-hydrogen) atoms. The Balaban J connectivity index is 2.50. The Kier molecular flexibility index (Phi) is 7.42. The monoisotopic (exact) mass is 293 g/mol. The van der Waals surface area contributed by atoms with E-state index in [1.54, 1.807) is 24.3 Å². The fourth-order valence-corrected chi connectivity index (χ4v) is 1.79. The Bertz CT molecular complexity index is 460. The van der Waals surface area contributed by atoms with Gasteiger partial charge < -0.3 is 21.1 Å². The lowest BCUT2D eigenvalue weighted by Crippen LogP contribution is -2.21. The molecular formula is C15H23N3O3. The largest absolute Gasteiger partial charge is 0.375 e. The molecular weight excluding hydrogens is 270 g/mol. The van der Waals surface area contributed by atoms with Crippen LogP contribution in [0, 0.1) is 5.92 Å². The molecule has 0 aliphatic heterocycles. The van der Waals surface area contributed by atoms with E-state index in [2.05, 4.69) is 10.6 Å². The van der Waals surface area contributed by atoms with Crippen molar-refractivity contribution >= 4 is 23.2 Å². The Morgan fingerprint density at radius 2 is 1.76 bits per heavy atom. The summed E-state index contributed by atoms with van der Waals surface area (Å²) in [5.41, 5.74) is 6.79. The molecule has 1 rings (SSSR count). The molecule has 0 spiro atoms. The van der Waals surface area contributed by atoms with Gasteiger partial charge in [0, 0.05) is 24.4 Å². The van der Waals surface area contributed by atoms with E-state index in [1.165, 1.54) is 7.11 Å². The topological polar surface area (TPSA) is 93.5 Å². The minimum Gasteiger partial charge on any atom is -0.375 e. The summed E-state index contributed by atoms with van der Waals surface area (Å²) < 4.78 is 4.73. The van der Waals surface area contributed by atoms with Crippen LogP contribution in [-0.4, -0.2) is 32.1 Å². The van der Waals surface area contributed by atoms with E-state index < -0.39 is 0 Å². The van der Waals surface area contributed by atoms with Crippen molar-refractivity contribution in [1.82, 2.24) is 0 Å². The van der Waals surface area contributed by atoms with Crippen molar-refractivity contribution in [3.63, 3.8) is 0 Å². The van der Waals surface area contributed by atoms with Crippen molar-refractivity contribution in [2.75, 3.05) is 30.9 Å². The van der Waals surface area contributed by atoms with E-state index in [1.807, 2.05) is 6.92 Å². The first-order chi connectivity index (χ1) is 10.1. The lowest BCUT2D eigenvalue weighted by molar-refractivity contribution is -0.120. The highest BCUT2D eigenvalue weighted by Crippen LogP contribution is 2.15. The van der Waals surface area contributed by atoms with Gasteiger partial charge in [-0.15, -0.1) is 0 Å². The number of hydrogen-bond donors (Lipinski definition) is 3. The molecule has 6 nitrogen and oxygen atoms in total. The van der Waals surface area contributed by atoms with Gasteiger partial charge in [-0.25, -0.2) is 0 Å². The van der Waals surface area contributed by atoms with Crippen molar-refractivity contribution in [3.05, 3.63) is 24.3 Å². The third-order valence-corrected chi connectivity index (χ3v) is 3.00. The molecule has 2 amide bonds. The van der Waals surface area contributed by atoms with E-state index >= 15 is 0 Å². The zero-order valence-electron chi connectivity index (χ0n) is 12.5. The second-order valence-corrected chi connectivity index (χ2v) is 4.88. The molecule has 0 bridgehead atoms. The predicted molar refractivity (Wildman–Crippen MR) is 83.0 cm³/mol. The third-order valence-electron chi connectivity index (χ3n) is 3.00. The standard InChI is InChI=1S/C15H23N3O3/c1-11(4-3-9-16)15(20)18-13-7-5-12(6-8-13)17-14(19)10-21-2/h5-8,11H,3-4,9-10,16H2,1-2H3,(H,17,19)(H,18,20). The summed E-state index contributed by atoms with van der Waals surface area (Å²) in [5.74, 6) is -0.320. The molecule has 0 radical (unpaired) electrons. The number of benzene rings is 1. The molecule has 0 aliphatic rings. The number of nitrogens with two attached hydrogens (primary N) is 1. The highest BCUT2D eigenvalue weighted by atomic mass is 16.5. The SMILES string of the molecule is COCC(=O)Nc1ccc(NC(=O)C(C)CCCN)cc1. The van der Waals surface area contributed by atoms with Crippen LogP contribution in [0.4, 0.5) is 11.4 Å². The Labute approximate surface area is 125 Å². The van der Waals surface area contributed by atoms with Crippen LogP contribution in [-0.2, 0) is 14.3 Å². The minimum absolute atomic E-state index is 0.0111. The number of nitrogens with one attached hydrogen (secondary N) is 2. The van der Waals surface area contributed by atoms with Crippen LogP contribution >= 0.6 is 0 Å². The van der Waals surface area contributed by atoms with Crippen LogP contribution in [0.3, 0.4) is 0 Å². The number of carbonyl (C=O) groups excluding carboxylic acids is 2. The van der Waals surface area contributed by atoms with Crippen molar-refractivity contribution in [2.45, 2.75) is 19.8 Å².